The molecule has 3 N–H and O–H groups in total. The molecule has 0 aliphatic carbocycles. The number of halogens is 1. The van der Waals surface area contributed by atoms with Crippen LogP contribution in [0.15, 0.2) is 67.0 Å². The lowest BCUT2D eigenvalue weighted by Gasteiger charge is -2.27. The Balaban J connectivity index is 1.36. The summed E-state index contributed by atoms with van der Waals surface area (Å²) in [6, 6.07) is 17.5. The standard InChI is InChI=1S/C42H46ClN5O8/c1-26-30(8-6-9-32(26)33-10-7-11-34(27(33)2)39(49)48-12-14-53-15-13-48)25-55-38-18-37(54-24-29-16-28(19-44)20-45-21-29)31(17-35(38)43)22-46-36(40(50)51)23-47-41(52)56-42(3,4)5/h6-11,16-18,20-21,36,46H,12-15,22-25H2,1-5H3,(H,47,52)(H,50,51). The van der Waals surface area contributed by atoms with Gasteiger partial charge >= 0.3 is 12.1 Å². The van der Waals surface area contributed by atoms with E-state index in [1.807, 2.05) is 55.1 Å². The molecule has 1 unspecified atom stereocenters. The number of rotatable bonds is 14. The van der Waals surface area contributed by atoms with Crippen molar-refractivity contribution >= 4 is 29.6 Å². The van der Waals surface area contributed by atoms with Crippen LogP contribution in [0.3, 0.4) is 0 Å². The minimum Gasteiger partial charge on any atom is -0.488 e. The van der Waals surface area contributed by atoms with Crippen molar-refractivity contribution in [3.8, 4) is 28.7 Å². The van der Waals surface area contributed by atoms with Crippen LogP contribution in [0.1, 0.15) is 64.5 Å². The number of pyridine rings is 1. The number of benzene rings is 3. The maximum atomic E-state index is 13.4. The second-order valence-electron chi connectivity index (χ2n) is 14.3. The van der Waals surface area contributed by atoms with Crippen LogP contribution in [-0.2, 0) is 34.0 Å². The topological polar surface area (TPSA) is 172 Å². The molecule has 294 valence electrons. The first-order valence-corrected chi connectivity index (χ1v) is 18.5. The van der Waals surface area contributed by atoms with E-state index in [1.54, 1.807) is 45.2 Å². The van der Waals surface area contributed by atoms with Crippen LogP contribution in [0, 0.1) is 25.2 Å². The van der Waals surface area contributed by atoms with E-state index in [9.17, 15) is 24.8 Å². The molecule has 0 saturated carbocycles. The summed E-state index contributed by atoms with van der Waals surface area (Å²) in [5.41, 5.74) is 6.13. The molecule has 0 radical (unpaired) electrons. The van der Waals surface area contributed by atoms with Crippen LogP contribution >= 0.6 is 11.6 Å². The maximum absolute atomic E-state index is 13.4. The third kappa shape index (κ3) is 11.0. The van der Waals surface area contributed by atoms with Crippen LogP contribution in [0.25, 0.3) is 11.1 Å². The average Bonchev–Trinajstić information content (AvgIpc) is 3.17. The fourth-order valence-electron chi connectivity index (χ4n) is 6.11. The Hall–Kier alpha value is -5.68. The monoisotopic (exact) mass is 783 g/mol. The maximum Gasteiger partial charge on any atom is 0.407 e. The summed E-state index contributed by atoms with van der Waals surface area (Å²) in [4.78, 5) is 43.6. The number of nitriles is 1. The minimum atomic E-state index is -1.18. The molecule has 5 rings (SSSR count). The molecule has 1 aliphatic heterocycles. The molecule has 1 aromatic heterocycles. The number of amides is 2. The normalized spacial score (nSPS) is 13.3. The number of carboxylic acid groups (broad SMARTS) is 1. The highest BCUT2D eigenvalue weighted by Crippen LogP contribution is 2.36. The van der Waals surface area contributed by atoms with Gasteiger partial charge in [-0.2, -0.15) is 5.26 Å². The first-order valence-electron chi connectivity index (χ1n) is 18.1. The highest BCUT2D eigenvalue weighted by atomic mass is 35.5. The van der Waals surface area contributed by atoms with Gasteiger partial charge in [-0.05, 0) is 80.6 Å². The molecule has 0 bridgehead atoms. The Morgan fingerprint density at radius 3 is 2.36 bits per heavy atom. The van der Waals surface area contributed by atoms with E-state index in [0.717, 1.165) is 27.8 Å². The van der Waals surface area contributed by atoms with Crippen molar-refractivity contribution in [2.45, 2.75) is 66.0 Å². The predicted molar refractivity (Wildman–Crippen MR) is 210 cm³/mol. The fourth-order valence-corrected chi connectivity index (χ4v) is 6.35. The number of nitrogens with one attached hydrogen (secondary N) is 2. The molecule has 13 nitrogen and oxygen atoms in total. The van der Waals surface area contributed by atoms with E-state index in [0.29, 0.717) is 60.1 Å². The van der Waals surface area contributed by atoms with E-state index < -0.39 is 23.7 Å². The molecule has 4 aromatic rings. The van der Waals surface area contributed by atoms with Crippen molar-refractivity contribution < 1.29 is 38.4 Å². The summed E-state index contributed by atoms with van der Waals surface area (Å²) in [5, 5.41) is 24.9. The molecule has 56 heavy (non-hydrogen) atoms. The van der Waals surface area contributed by atoms with Crippen molar-refractivity contribution in [1.29, 1.82) is 5.26 Å². The van der Waals surface area contributed by atoms with Gasteiger partial charge in [0.25, 0.3) is 5.91 Å². The van der Waals surface area contributed by atoms with Gasteiger partial charge in [0.2, 0.25) is 0 Å². The van der Waals surface area contributed by atoms with Crippen LogP contribution < -0.4 is 20.1 Å². The number of carbonyl (C=O) groups is 3. The summed E-state index contributed by atoms with van der Waals surface area (Å²) < 4.78 is 23.2. The first-order chi connectivity index (χ1) is 26.7. The fraction of sp³-hybridized carbons (Fsp3) is 0.357. The van der Waals surface area contributed by atoms with Gasteiger partial charge in [0.15, 0.2) is 0 Å². The predicted octanol–water partition coefficient (Wildman–Crippen LogP) is 6.59. The number of morpholine rings is 1. The number of alkyl carbamates (subject to hydrolysis) is 1. The second-order valence-corrected chi connectivity index (χ2v) is 14.7. The molecule has 2 heterocycles. The third-order valence-electron chi connectivity index (χ3n) is 9.10. The Morgan fingerprint density at radius 2 is 1.66 bits per heavy atom. The Labute approximate surface area is 331 Å². The molecule has 1 aliphatic rings. The zero-order valence-electron chi connectivity index (χ0n) is 32.1. The number of ether oxygens (including phenoxy) is 4. The van der Waals surface area contributed by atoms with Gasteiger partial charge in [0.1, 0.15) is 42.4 Å². The molecule has 0 spiro atoms. The van der Waals surface area contributed by atoms with Gasteiger partial charge in [-0.1, -0.05) is 41.9 Å². The molecule has 3 aromatic carbocycles. The highest BCUT2D eigenvalue weighted by Gasteiger charge is 2.24. The molecular formula is C42H46ClN5O8. The van der Waals surface area contributed by atoms with Crippen molar-refractivity contribution in [2.75, 3.05) is 32.8 Å². The first kappa shape index (κ1) is 41.5. The Kier molecular flexibility index (Phi) is 13.9. The van der Waals surface area contributed by atoms with Gasteiger partial charge in [-0.25, -0.2) is 4.79 Å². The summed E-state index contributed by atoms with van der Waals surface area (Å²) in [6.07, 6.45) is 2.29. The largest absolute Gasteiger partial charge is 0.488 e. The van der Waals surface area contributed by atoms with E-state index >= 15 is 0 Å². The number of hydrogen-bond donors (Lipinski definition) is 3. The van der Waals surface area contributed by atoms with E-state index in [1.165, 1.54) is 6.20 Å². The number of aromatic nitrogens is 1. The summed E-state index contributed by atoms with van der Waals surface area (Å²) in [7, 11) is 0. The van der Waals surface area contributed by atoms with Crippen molar-refractivity contribution in [2.24, 2.45) is 0 Å². The zero-order chi connectivity index (χ0) is 40.4. The number of carboxylic acids is 1. The van der Waals surface area contributed by atoms with Crippen LogP contribution in [0.2, 0.25) is 5.02 Å². The summed E-state index contributed by atoms with van der Waals surface area (Å²) >= 11 is 6.78. The van der Waals surface area contributed by atoms with Gasteiger partial charge in [-0.3, -0.25) is 19.9 Å². The quantitative estimate of drug-likeness (QED) is 0.126. The Bertz CT molecular complexity index is 2110. The van der Waals surface area contributed by atoms with Gasteiger partial charge in [-0.15, -0.1) is 0 Å². The van der Waals surface area contributed by atoms with Crippen LogP contribution in [0.4, 0.5) is 4.79 Å². The molecular weight excluding hydrogens is 738 g/mol. The average molecular weight is 784 g/mol. The third-order valence-corrected chi connectivity index (χ3v) is 9.40. The van der Waals surface area contributed by atoms with Crippen LogP contribution in [-0.4, -0.2) is 77.5 Å². The lowest BCUT2D eigenvalue weighted by Crippen LogP contribution is -2.46. The van der Waals surface area contributed by atoms with Gasteiger partial charge in [0.05, 0.1) is 23.8 Å². The smallest absolute Gasteiger partial charge is 0.407 e. The molecule has 14 heteroatoms. The number of aliphatic carboxylic acids is 1. The van der Waals surface area contributed by atoms with E-state index in [-0.39, 0.29) is 37.2 Å². The second kappa shape index (κ2) is 18.8. The Morgan fingerprint density at radius 1 is 0.964 bits per heavy atom. The SMILES string of the molecule is Cc1c(COc2cc(OCc3cncc(C#N)c3)c(CNC(CNC(=O)OC(C)(C)C)C(=O)O)cc2Cl)cccc1-c1cccc(C(=O)N2CCOCC2)c1C. The molecule has 2 amide bonds. The lowest BCUT2D eigenvalue weighted by molar-refractivity contribution is -0.139. The lowest BCUT2D eigenvalue weighted by atomic mass is 9.91. The molecule has 1 atom stereocenters. The van der Waals surface area contributed by atoms with Crippen molar-refractivity contribution in [3.63, 3.8) is 0 Å². The van der Waals surface area contributed by atoms with E-state index in [2.05, 4.69) is 21.7 Å². The van der Waals surface area contributed by atoms with Crippen molar-refractivity contribution in [1.82, 2.24) is 20.5 Å². The van der Waals surface area contributed by atoms with E-state index in [4.69, 9.17) is 30.5 Å². The summed E-state index contributed by atoms with van der Waals surface area (Å²) in [5.74, 6) is -0.514. The van der Waals surface area contributed by atoms with Gasteiger partial charge < -0.3 is 34.3 Å². The highest BCUT2D eigenvalue weighted by molar-refractivity contribution is 6.32. The number of hydrogen-bond acceptors (Lipinski definition) is 10. The zero-order valence-corrected chi connectivity index (χ0v) is 32.9. The molecule has 1 fully saturated rings. The van der Waals surface area contributed by atoms with Gasteiger partial charge in [0, 0.05) is 61.3 Å². The van der Waals surface area contributed by atoms with Crippen molar-refractivity contribution in [3.05, 3.63) is 111 Å². The number of carbonyl (C=O) groups excluding carboxylic acids is 2. The summed E-state index contributed by atoms with van der Waals surface area (Å²) in [6.45, 7) is 11.2. The van der Waals surface area contributed by atoms with Crippen LogP contribution in [0.5, 0.6) is 11.5 Å². The number of nitrogens with zero attached hydrogens (tertiary/aromatic N) is 3. The minimum absolute atomic E-state index is 0.00634. The molecule has 1 saturated heterocycles.